The first-order valence-electron chi connectivity index (χ1n) is 9.54. The highest BCUT2D eigenvalue weighted by Crippen LogP contribution is 2.31. The van der Waals surface area contributed by atoms with Crippen molar-refractivity contribution in [2.75, 3.05) is 37.7 Å². The van der Waals surface area contributed by atoms with Crippen molar-refractivity contribution in [3.8, 4) is 0 Å². The molecule has 30 heavy (non-hydrogen) atoms. The molecule has 9 heteroatoms. The molecule has 6 nitrogen and oxygen atoms in total. The number of halogens is 2. The molecule has 1 amide bonds. The van der Waals surface area contributed by atoms with Crippen LogP contribution in [0.25, 0.3) is 10.2 Å². The second kappa shape index (κ2) is 8.79. The molecule has 1 fully saturated rings. The molecule has 1 saturated heterocycles. The van der Waals surface area contributed by atoms with E-state index in [1.807, 2.05) is 12.1 Å². The van der Waals surface area contributed by atoms with Crippen LogP contribution in [0, 0.1) is 0 Å². The Morgan fingerprint density at radius 3 is 2.63 bits per heavy atom. The Labute approximate surface area is 188 Å². The Hall–Kier alpha value is -2.35. The lowest BCUT2D eigenvalue weighted by Crippen LogP contribution is -2.48. The van der Waals surface area contributed by atoms with Gasteiger partial charge in [0.2, 0.25) is 0 Å². The number of hydrogen-bond acceptors (Lipinski definition) is 6. The zero-order chi connectivity index (χ0) is 21.3. The summed E-state index contributed by atoms with van der Waals surface area (Å²) in [4.78, 5) is 33.4. The van der Waals surface area contributed by atoms with Crippen molar-refractivity contribution in [2.24, 2.45) is 0 Å². The van der Waals surface area contributed by atoms with E-state index in [-0.39, 0.29) is 16.9 Å². The van der Waals surface area contributed by atoms with Gasteiger partial charge in [-0.05, 0) is 37.3 Å². The first kappa shape index (κ1) is 20.9. The molecule has 156 valence electrons. The van der Waals surface area contributed by atoms with E-state index in [0.29, 0.717) is 48.9 Å². The second-order valence-corrected chi connectivity index (χ2v) is 8.57. The van der Waals surface area contributed by atoms with Gasteiger partial charge in [0.05, 0.1) is 38.0 Å². The van der Waals surface area contributed by atoms with Gasteiger partial charge in [-0.25, -0.2) is 9.78 Å². The van der Waals surface area contributed by atoms with Crippen molar-refractivity contribution >= 4 is 61.8 Å². The molecule has 0 saturated carbocycles. The standard InChI is InChI=1S/C21H19Cl2N3O3S/c1-2-29-20(28)13-6-7-16-17(12-13)30-21(24-16)26-10-8-25(9-11-26)19(27)14-4-3-5-15(22)18(14)23/h3-7,12H,2,8-11H2,1H3. The first-order valence-corrected chi connectivity index (χ1v) is 11.1. The van der Waals surface area contributed by atoms with Gasteiger partial charge >= 0.3 is 5.97 Å². The first-order chi connectivity index (χ1) is 14.5. The van der Waals surface area contributed by atoms with Crippen molar-refractivity contribution in [3.63, 3.8) is 0 Å². The summed E-state index contributed by atoms with van der Waals surface area (Å²) in [6.07, 6.45) is 0. The predicted octanol–water partition coefficient (Wildman–Crippen LogP) is 4.74. The monoisotopic (exact) mass is 463 g/mol. The number of aromatic nitrogens is 1. The number of ether oxygens (including phenoxy) is 1. The quantitative estimate of drug-likeness (QED) is 0.522. The third-order valence-corrected chi connectivity index (χ3v) is 6.81. The molecule has 0 radical (unpaired) electrons. The van der Waals surface area contributed by atoms with Crippen LogP contribution in [0.5, 0.6) is 0 Å². The fraction of sp³-hybridized carbons (Fsp3) is 0.286. The summed E-state index contributed by atoms with van der Waals surface area (Å²) in [5.74, 6) is -0.452. The molecule has 0 aliphatic carbocycles. The van der Waals surface area contributed by atoms with E-state index in [2.05, 4.69) is 9.88 Å². The number of carbonyl (C=O) groups excluding carboxylic acids is 2. The largest absolute Gasteiger partial charge is 0.462 e. The van der Waals surface area contributed by atoms with Gasteiger partial charge in [-0.15, -0.1) is 0 Å². The molecule has 0 unspecified atom stereocenters. The number of amides is 1. The normalized spacial score (nSPS) is 14.2. The smallest absolute Gasteiger partial charge is 0.338 e. The van der Waals surface area contributed by atoms with Gasteiger partial charge in [0.25, 0.3) is 5.91 Å². The topological polar surface area (TPSA) is 62.7 Å². The Balaban J connectivity index is 1.46. The maximum Gasteiger partial charge on any atom is 0.338 e. The van der Waals surface area contributed by atoms with Crippen LogP contribution < -0.4 is 4.90 Å². The highest BCUT2D eigenvalue weighted by Gasteiger charge is 2.25. The molecular formula is C21H19Cl2N3O3S. The van der Waals surface area contributed by atoms with E-state index >= 15 is 0 Å². The second-order valence-electron chi connectivity index (χ2n) is 6.78. The zero-order valence-electron chi connectivity index (χ0n) is 16.2. The average molecular weight is 464 g/mol. The van der Waals surface area contributed by atoms with E-state index < -0.39 is 0 Å². The number of anilines is 1. The SMILES string of the molecule is CCOC(=O)c1ccc2nc(N3CCN(C(=O)c4cccc(Cl)c4Cl)CC3)sc2c1. The number of piperazine rings is 1. The molecule has 0 bridgehead atoms. The van der Waals surface area contributed by atoms with Crippen molar-refractivity contribution in [1.29, 1.82) is 0 Å². The molecule has 0 spiro atoms. The van der Waals surface area contributed by atoms with Crippen LogP contribution in [-0.4, -0.2) is 54.5 Å². The van der Waals surface area contributed by atoms with Gasteiger partial charge in [-0.1, -0.05) is 40.6 Å². The summed E-state index contributed by atoms with van der Waals surface area (Å²) >= 11 is 13.8. The lowest BCUT2D eigenvalue weighted by Gasteiger charge is -2.34. The number of hydrogen-bond donors (Lipinski definition) is 0. The summed E-state index contributed by atoms with van der Waals surface area (Å²) in [6, 6.07) is 10.5. The van der Waals surface area contributed by atoms with Gasteiger partial charge in [0.1, 0.15) is 0 Å². The summed E-state index contributed by atoms with van der Waals surface area (Å²) in [5.41, 5.74) is 1.78. The number of carbonyl (C=O) groups is 2. The van der Waals surface area contributed by atoms with Crippen molar-refractivity contribution < 1.29 is 14.3 Å². The molecule has 2 aromatic carbocycles. The number of benzene rings is 2. The van der Waals surface area contributed by atoms with E-state index in [1.54, 1.807) is 36.1 Å². The van der Waals surface area contributed by atoms with E-state index in [4.69, 9.17) is 27.9 Å². The highest BCUT2D eigenvalue weighted by molar-refractivity contribution is 7.22. The van der Waals surface area contributed by atoms with Crippen molar-refractivity contribution in [1.82, 2.24) is 9.88 Å². The maximum atomic E-state index is 12.8. The minimum absolute atomic E-state index is 0.120. The molecule has 3 aromatic rings. The third kappa shape index (κ3) is 4.10. The summed E-state index contributed by atoms with van der Waals surface area (Å²) < 4.78 is 6.00. The number of esters is 1. The van der Waals surface area contributed by atoms with Crippen LogP contribution in [0.2, 0.25) is 10.0 Å². The molecule has 1 aliphatic rings. The summed E-state index contributed by atoms with van der Waals surface area (Å²) in [5, 5.41) is 1.53. The number of thiazole rings is 1. The Morgan fingerprint density at radius 1 is 1.13 bits per heavy atom. The minimum Gasteiger partial charge on any atom is -0.462 e. The molecule has 0 atom stereocenters. The highest BCUT2D eigenvalue weighted by atomic mass is 35.5. The number of nitrogens with zero attached hydrogens (tertiary/aromatic N) is 3. The van der Waals surface area contributed by atoms with Crippen LogP contribution in [0.1, 0.15) is 27.6 Å². The number of fused-ring (bicyclic) bond motifs is 1. The molecule has 1 aromatic heterocycles. The fourth-order valence-corrected chi connectivity index (χ4v) is 4.77. The zero-order valence-corrected chi connectivity index (χ0v) is 18.6. The number of rotatable bonds is 4. The Bertz CT molecular complexity index is 1110. The van der Waals surface area contributed by atoms with Gasteiger partial charge < -0.3 is 14.5 Å². The van der Waals surface area contributed by atoms with Crippen LogP contribution in [0.4, 0.5) is 5.13 Å². The molecule has 4 rings (SSSR count). The van der Waals surface area contributed by atoms with Gasteiger partial charge in [-0.2, -0.15) is 0 Å². The average Bonchev–Trinajstić information content (AvgIpc) is 3.19. The van der Waals surface area contributed by atoms with Crippen molar-refractivity contribution in [2.45, 2.75) is 6.92 Å². The van der Waals surface area contributed by atoms with E-state index in [0.717, 1.165) is 15.3 Å². The molecular weight excluding hydrogens is 445 g/mol. The van der Waals surface area contributed by atoms with E-state index in [9.17, 15) is 9.59 Å². The van der Waals surface area contributed by atoms with Gasteiger partial charge in [0, 0.05) is 26.2 Å². The minimum atomic E-state index is -0.332. The van der Waals surface area contributed by atoms with Crippen LogP contribution >= 0.6 is 34.5 Å². The Morgan fingerprint density at radius 2 is 1.90 bits per heavy atom. The molecule has 2 heterocycles. The van der Waals surface area contributed by atoms with E-state index in [1.165, 1.54) is 11.3 Å². The maximum absolute atomic E-state index is 12.8. The van der Waals surface area contributed by atoms with Crippen LogP contribution in [0.3, 0.4) is 0 Å². The third-order valence-electron chi connectivity index (χ3n) is 4.91. The van der Waals surface area contributed by atoms with Gasteiger partial charge in [0.15, 0.2) is 5.13 Å². The van der Waals surface area contributed by atoms with Crippen LogP contribution in [-0.2, 0) is 4.74 Å². The molecule has 0 N–H and O–H groups in total. The predicted molar refractivity (Wildman–Crippen MR) is 120 cm³/mol. The lowest BCUT2D eigenvalue weighted by atomic mass is 10.2. The Kier molecular flexibility index (Phi) is 6.13. The van der Waals surface area contributed by atoms with Crippen molar-refractivity contribution in [3.05, 3.63) is 57.6 Å². The van der Waals surface area contributed by atoms with Gasteiger partial charge in [-0.3, -0.25) is 4.79 Å². The lowest BCUT2D eigenvalue weighted by molar-refractivity contribution is 0.0526. The summed E-state index contributed by atoms with van der Waals surface area (Å²) in [6.45, 7) is 4.57. The van der Waals surface area contributed by atoms with Crippen LogP contribution in [0.15, 0.2) is 36.4 Å². The molecule has 1 aliphatic heterocycles. The fourth-order valence-electron chi connectivity index (χ4n) is 3.33. The summed E-state index contributed by atoms with van der Waals surface area (Å²) in [7, 11) is 0.